The predicted octanol–water partition coefficient (Wildman–Crippen LogP) is 2.57. The fourth-order valence-corrected chi connectivity index (χ4v) is 3.99. The number of nitrogens with one attached hydrogen (secondary N) is 1. The molecule has 0 radical (unpaired) electrons. The van der Waals surface area contributed by atoms with E-state index in [1.807, 2.05) is 0 Å². The first-order valence-electron chi connectivity index (χ1n) is 9.05. The molecule has 2 rings (SSSR count). The molecule has 0 aliphatic carbocycles. The molecule has 0 fully saturated rings. The van der Waals surface area contributed by atoms with E-state index in [0.717, 1.165) is 22.7 Å². The van der Waals surface area contributed by atoms with Crippen LogP contribution in [-0.2, 0) is 14.8 Å². The number of sulfonamides is 1. The fourth-order valence-electron chi connectivity index (χ4n) is 2.78. The van der Waals surface area contributed by atoms with Crippen molar-refractivity contribution >= 4 is 21.6 Å². The van der Waals surface area contributed by atoms with Crippen LogP contribution in [0.4, 0.5) is 10.1 Å². The molecule has 9 heteroatoms. The lowest BCUT2D eigenvalue weighted by Gasteiger charge is -2.30. The van der Waals surface area contributed by atoms with Crippen LogP contribution in [0.3, 0.4) is 0 Å². The molecule has 2 aromatic carbocycles. The first-order chi connectivity index (χ1) is 13.8. The van der Waals surface area contributed by atoms with Crippen LogP contribution in [0.15, 0.2) is 48.5 Å². The zero-order valence-corrected chi connectivity index (χ0v) is 17.4. The van der Waals surface area contributed by atoms with Crippen molar-refractivity contribution < 1.29 is 27.1 Å². The topological polar surface area (TPSA) is 84.9 Å². The number of benzene rings is 2. The lowest BCUT2D eigenvalue weighted by atomic mass is 10.2. The van der Waals surface area contributed by atoms with Gasteiger partial charge in [0, 0.05) is 0 Å². The van der Waals surface area contributed by atoms with E-state index in [9.17, 15) is 17.6 Å². The number of carbonyl (C=O) groups excluding carboxylic acids is 1. The van der Waals surface area contributed by atoms with Crippen molar-refractivity contribution in [2.75, 3.05) is 30.8 Å². The van der Waals surface area contributed by atoms with Crippen molar-refractivity contribution in [2.24, 2.45) is 0 Å². The Balaban J connectivity index is 2.00. The third kappa shape index (κ3) is 6.35. The molecule has 0 spiro atoms. The van der Waals surface area contributed by atoms with Gasteiger partial charge in [0.2, 0.25) is 15.9 Å². The molecule has 0 aliphatic rings. The number of ether oxygens (including phenoxy) is 2. The average molecular weight is 424 g/mol. The van der Waals surface area contributed by atoms with E-state index in [1.54, 1.807) is 38.3 Å². The van der Waals surface area contributed by atoms with E-state index in [4.69, 9.17) is 9.47 Å². The van der Waals surface area contributed by atoms with E-state index in [1.165, 1.54) is 12.1 Å². The second-order valence-electron chi connectivity index (χ2n) is 6.27. The van der Waals surface area contributed by atoms with Crippen LogP contribution in [0.5, 0.6) is 11.5 Å². The van der Waals surface area contributed by atoms with Crippen molar-refractivity contribution in [1.29, 1.82) is 0 Å². The Kier molecular flexibility index (Phi) is 7.83. The number of anilines is 1. The average Bonchev–Trinajstić information content (AvgIpc) is 2.69. The lowest BCUT2D eigenvalue weighted by molar-refractivity contribution is -0.122. The summed E-state index contributed by atoms with van der Waals surface area (Å²) in [7, 11) is -2.19. The predicted molar refractivity (Wildman–Crippen MR) is 109 cm³/mol. The maximum Gasteiger partial charge on any atom is 0.244 e. The van der Waals surface area contributed by atoms with E-state index in [0.29, 0.717) is 11.5 Å². The molecule has 1 N–H and O–H groups in total. The molecule has 1 atom stereocenters. The van der Waals surface area contributed by atoms with Gasteiger partial charge in [-0.2, -0.15) is 0 Å². The Morgan fingerprint density at radius 3 is 2.21 bits per heavy atom. The Morgan fingerprint density at radius 2 is 1.69 bits per heavy atom. The van der Waals surface area contributed by atoms with Crippen LogP contribution >= 0.6 is 0 Å². The number of halogens is 1. The van der Waals surface area contributed by atoms with Gasteiger partial charge in [-0.25, -0.2) is 12.8 Å². The summed E-state index contributed by atoms with van der Waals surface area (Å²) in [5.74, 6) is 0.380. The van der Waals surface area contributed by atoms with Gasteiger partial charge in [-0.3, -0.25) is 9.10 Å². The van der Waals surface area contributed by atoms with Gasteiger partial charge in [0.1, 0.15) is 30.0 Å². The van der Waals surface area contributed by atoms with E-state index < -0.39 is 27.8 Å². The smallest absolute Gasteiger partial charge is 0.244 e. The van der Waals surface area contributed by atoms with Gasteiger partial charge in [0.05, 0.1) is 25.6 Å². The Bertz CT molecular complexity index is 901. The molecular formula is C20H25FN2O5S. The molecule has 7 nitrogen and oxygen atoms in total. The van der Waals surface area contributed by atoms with Crippen LogP contribution in [0, 0.1) is 5.82 Å². The fraction of sp³-hybridized carbons (Fsp3) is 0.350. The molecule has 0 aromatic heterocycles. The van der Waals surface area contributed by atoms with E-state index >= 15 is 0 Å². The van der Waals surface area contributed by atoms with Crippen LogP contribution in [0.2, 0.25) is 0 Å². The van der Waals surface area contributed by atoms with Crippen LogP contribution in [-0.4, -0.2) is 46.9 Å². The van der Waals surface area contributed by atoms with Crippen molar-refractivity contribution in [1.82, 2.24) is 5.32 Å². The molecule has 1 amide bonds. The van der Waals surface area contributed by atoms with Crippen molar-refractivity contribution in [3.8, 4) is 11.5 Å². The van der Waals surface area contributed by atoms with Gasteiger partial charge in [-0.15, -0.1) is 0 Å². The SMILES string of the molecule is CCC(C(=O)NCCOc1ccc(OC)cc1)N(c1ccc(F)cc1)S(C)(=O)=O. The minimum Gasteiger partial charge on any atom is -0.497 e. The summed E-state index contributed by atoms with van der Waals surface area (Å²) < 4.78 is 49.4. The first kappa shape index (κ1) is 22.5. The van der Waals surface area contributed by atoms with Gasteiger partial charge in [0.25, 0.3) is 0 Å². The minimum absolute atomic E-state index is 0.197. The molecule has 1 unspecified atom stereocenters. The number of hydrogen-bond donors (Lipinski definition) is 1. The highest BCUT2D eigenvalue weighted by Crippen LogP contribution is 2.23. The molecule has 0 bridgehead atoms. The highest BCUT2D eigenvalue weighted by atomic mass is 32.2. The first-order valence-corrected chi connectivity index (χ1v) is 10.9. The largest absolute Gasteiger partial charge is 0.497 e. The molecule has 29 heavy (non-hydrogen) atoms. The Labute approximate surface area is 170 Å². The van der Waals surface area contributed by atoms with Gasteiger partial charge < -0.3 is 14.8 Å². The lowest BCUT2D eigenvalue weighted by Crippen LogP contribution is -2.50. The van der Waals surface area contributed by atoms with Crippen molar-refractivity contribution in [2.45, 2.75) is 19.4 Å². The monoisotopic (exact) mass is 424 g/mol. The minimum atomic E-state index is -3.76. The van der Waals surface area contributed by atoms with Gasteiger partial charge in [-0.05, 0) is 55.0 Å². The Hall–Kier alpha value is -2.81. The molecule has 0 aliphatic heterocycles. The maximum absolute atomic E-state index is 13.2. The third-order valence-corrected chi connectivity index (χ3v) is 5.32. The molecule has 0 saturated carbocycles. The summed E-state index contributed by atoms with van der Waals surface area (Å²) in [5.41, 5.74) is 0.227. The summed E-state index contributed by atoms with van der Waals surface area (Å²) in [6.07, 6.45) is 1.26. The quantitative estimate of drug-likeness (QED) is 0.593. The number of carbonyl (C=O) groups is 1. The van der Waals surface area contributed by atoms with Gasteiger partial charge >= 0.3 is 0 Å². The van der Waals surface area contributed by atoms with Crippen molar-refractivity contribution in [3.63, 3.8) is 0 Å². The Morgan fingerprint density at radius 1 is 1.10 bits per heavy atom. The summed E-state index contributed by atoms with van der Waals surface area (Å²) in [5, 5.41) is 2.69. The van der Waals surface area contributed by atoms with Gasteiger partial charge in [0.15, 0.2) is 0 Å². The maximum atomic E-state index is 13.2. The van der Waals surface area contributed by atoms with Crippen LogP contribution in [0.25, 0.3) is 0 Å². The number of rotatable bonds is 10. The number of amides is 1. The van der Waals surface area contributed by atoms with E-state index in [-0.39, 0.29) is 25.3 Å². The van der Waals surface area contributed by atoms with E-state index in [2.05, 4.69) is 5.32 Å². The zero-order chi connectivity index (χ0) is 21.4. The summed E-state index contributed by atoms with van der Waals surface area (Å²) in [6, 6.07) is 11.0. The molecule has 0 saturated heterocycles. The highest BCUT2D eigenvalue weighted by molar-refractivity contribution is 7.92. The number of hydrogen-bond acceptors (Lipinski definition) is 5. The van der Waals surface area contributed by atoms with Crippen molar-refractivity contribution in [3.05, 3.63) is 54.3 Å². The van der Waals surface area contributed by atoms with Crippen LogP contribution < -0.4 is 19.1 Å². The molecule has 0 heterocycles. The number of methoxy groups -OCH3 is 1. The normalized spacial score (nSPS) is 12.1. The summed E-state index contributed by atoms with van der Waals surface area (Å²) >= 11 is 0. The second kappa shape index (κ2) is 10.1. The zero-order valence-electron chi connectivity index (χ0n) is 16.6. The van der Waals surface area contributed by atoms with Gasteiger partial charge in [-0.1, -0.05) is 6.92 Å². The second-order valence-corrected chi connectivity index (χ2v) is 8.13. The number of nitrogens with zero attached hydrogens (tertiary/aromatic N) is 1. The standard InChI is InChI=1S/C20H25FN2O5S/c1-4-19(23(29(3,25)26)16-7-5-15(21)6-8-16)20(24)22-13-14-28-18-11-9-17(27-2)10-12-18/h5-12,19H,4,13-14H2,1-3H3,(H,22,24). The molecule has 2 aromatic rings. The molecule has 158 valence electrons. The summed E-state index contributed by atoms with van der Waals surface area (Å²) in [4.78, 5) is 12.6. The third-order valence-electron chi connectivity index (χ3n) is 4.14. The highest BCUT2D eigenvalue weighted by Gasteiger charge is 2.31. The summed E-state index contributed by atoms with van der Waals surface area (Å²) in [6.45, 7) is 2.12. The van der Waals surface area contributed by atoms with Crippen LogP contribution in [0.1, 0.15) is 13.3 Å². The molecular weight excluding hydrogens is 399 g/mol.